The Labute approximate surface area is 126 Å². The number of pyridine rings is 1. The molecule has 21 heavy (non-hydrogen) atoms. The lowest BCUT2D eigenvalue weighted by atomic mass is 9.99. The molecule has 1 aromatic rings. The van der Waals surface area contributed by atoms with Crippen LogP contribution in [0, 0.1) is 5.92 Å². The Hall–Kier alpha value is -1.62. The zero-order valence-corrected chi connectivity index (χ0v) is 12.9. The van der Waals surface area contributed by atoms with Crippen LogP contribution in [-0.2, 0) is 0 Å². The maximum atomic E-state index is 12.0. The third kappa shape index (κ3) is 4.17. The highest BCUT2D eigenvalue weighted by Crippen LogP contribution is 2.21. The number of nitrogens with one attached hydrogen (secondary N) is 1. The number of aliphatic hydroxyl groups excluding tert-OH is 1. The molecular weight excluding hydrogens is 266 g/mol. The fourth-order valence-corrected chi connectivity index (χ4v) is 2.49. The van der Waals surface area contributed by atoms with Gasteiger partial charge in [0, 0.05) is 19.3 Å². The molecule has 5 heteroatoms. The van der Waals surface area contributed by atoms with Gasteiger partial charge in [-0.15, -0.1) is 0 Å². The van der Waals surface area contributed by atoms with Crippen LogP contribution in [0.15, 0.2) is 18.3 Å². The number of nitrogens with zero attached hydrogens (tertiary/aromatic N) is 2. The second-order valence-electron chi connectivity index (χ2n) is 5.84. The minimum Gasteiger partial charge on any atom is -0.394 e. The van der Waals surface area contributed by atoms with Crippen molar-refractivity contribution in [3.05, 3.63) is 23.9 Å². The van der Waals surface area contributed by atoms with E-state index < -0.39 is 0 Å². The fourth-order valence-electron chi connectivity index (χ4n) is 2.49. The number of rotatable bonds is 5. The molecule has 2 N–H and O–H groups in total. The van der Waals surface area contributed by atoms with E-state index >= 15 is 0 Å². The molecule has 2 rings (SSSR count). The van der Waals surface area contributed by atoms with Gasteiger partial charge in [-0.2, -0.15) is 0 Å². The number of carbonyl (C=O) groups is 1. The van der Waals surface area contributed by atoms with Gasteiger partial charge in [-0.05, 0) is 37.3 Å². The number of hydrogen-bond acceptors (Lipinski definition) is 4. The van der Waals surface area contributed by atoms with Crippen molar-refractivity contribution >= 4 is 11.7 Å². The van der Waals surface area contributed by atoms with Crippen molar-refractivity contribution in [2.24, 2.45) is 5.92 Å². The molecule has 1 saturated heterocycles. The summed E-state index contributed by atoms with van der Waals surface area (Å²) < 4.78 is 0. The molecule has 1 unspecified atom stereocenters. The molecule has 0 aliphatic carbocycles. The second kappa shape index (κ2) is 7.41. The molecule has 1 aliphatic rings. The number of amides is 1. The van der Waals surface area contributed by atoms with E-state index in [4.69, 9.17) is 5.11 Å². The summed E-state index contributed by atoms with van der Waals surface area (Å²) in [5.74, 6) is 1.55. The molecule has 0 spiro atoms. The SMILES string of the molecule is CCC(CO)NC(=O)c1ccc(N2CCC(C)CC2)nc1. The van der Waals surface area contributed by atoms with Crippen molar-refractivity contribution in [2.75, 3.05) is 24.6 Å². The number of hydrogen-bond donors (Lipinski definition) is 2. The quantitative estimate of drug-likeness (QED) is 0.868. The summed E-state index contributed by atoms with van der Waals surface area (Å²) in [6.07, 6.45) is 4.71. The zero-order valence-electron chi connectivity index (χ0n) is 12.9. The van der Waals surface area contributed by atoms with Gasteiger partial charge in [0.2, 0.25) is 0 Å². The first-order valence-electron chi connectivity index (χ1n) is 7.76. The van der Waals surface area contributed by atoms with Crippen molar-refractivity contribution in [1.82, 2.24) is 10.3 Å². The van der Waals surface area contributed by atoms with Crippen molar-refractivity contribution in [2.45, 2.75) is 39.2 Å². The highest BCUT2D eigenvalue weighted by atomic mass is 16.3. The van der Waals surface area contributed by atoms with Crippen molar-refractivity contribution in [3.8, 4) is 0 Å². The van der Waals surface area contributed by atoms with Crippen LogP contribution in [0.5, 0.6) is 0 Å². The van der Waals surface area contributed by atoms with Crippen molar-refractivity contribution in [1.29, 1.82) is 0 Å². The van der Waals surface area contributed by atoms with E-state index in [1.165, 1.54) is 12.8 Å². The van der Waals surface area contributed by atoms with Gasteiger partial charge in [0.05, 0.1) is 18.2 Å². The highest BCUT2D eigenvalue weighted by molar-refractivity contribution is 5.94. The first-order valence-corrected chi connectivity index (χ1v) is 7.76. The van der Waals surface area contributed by atoms with Crippen LogP contribution in [0.2, 0.25) is 0 Å². The Morgan fingerprint density at radius 3 is 2.71 bits per heavy atom. The molecule has 1 aliphatic heterocycles. The first kappa shape index (κ1) is 15.8. The van der Waals surface area contributed by atoms with Gasteiger partial charge in [0.25, 0.3) is 5.91 Å². The predicted molar refractivity (Wildman–Crippen MR) is 83.5 cm³/mol. The smallest absolute Gasteiger partial charge is 0.253 e. The summed E-state index contributed by atoms with van der Waals surface area (Å²) in [4.78, 5) is 18.7. The summed E-state index contributed by atoms with van der Waals surface area (Å²) in [6, 6.07) is 3.52. The average Bonchev–Trinajstić information content (AvgIpc) is 2.53. The summed E-state index contributed by atoms with van der Waals surface area (Å²) in [7, 11) is 0. The third-order valence-corrected chi connectivity index (χ3v) is 4.17. The van der Waals surface area contributed by atoms with Crippen LogP contribution < -0.4 is 10.2 Å². The molecule has 116 valence electrons. The van der Waals surface area contributed by atoms with Crippen LogP contribution in [0.3, 0.4) is 0 Å². The van der Waals surface area contributed by atoms with Crippen LogP contribution in [0.25, 0.3) is 0 Å². The van der Waals surface area contributed by atoms with Crippen molar-refractivity contribution < 1.29 is 9.90 Å². The summed E-state index contributed by atoms with van der Waals surface area (Å²) >= 11 is 0. The van der Waals surface area contributed by atoms with Crippen LogP contribution in [0.1, 0.15) is 43.5 Å². The minimum atomic E-state index is -0.194. The molecule has 1 atom stereocenters. The minimum absolute atomic E-state index is 0.0420. The second-order valence-corrected chi connectivity index (χ2v) is 5.84. The lowest BCUT2D eigenvalue weighted by molar-refractivity contribution is 0.0914. The lowest BCUT2D eigenvalue weighted by Crippen LogP contribution is -2.37. The Bertz CT molecular complexity index is 449. The van der Waals surface area contributed by atoms with E-state index in [1.54, 1.807) is 12.3 Å². The third-order valence-electron chi connectivity index (χ3n) is 4.17. The molecule has 2 heterocycles. The largest absolute Gasteiger partial charge is 0.394 e. The maximum absolute atomic E-state index is 12.0. The predicted octanol–water partition coefficient (Wildman–Crippen LogP) is 1.82. The Morgan fingerprint density at radius 2 is 2.19 bits per heavy atom. The van der Waals surface area contributed by atoms with Gasteiger partial charge in [-0.1, -0.05) is 13.8 Å². The Balaban J connectivity index is 1.96. The van der Waals surface area contributed by atoms with E-state index in [1.807, 2.05) is 13.0 Å². The van der Waals surface area contributed by atoms with Crippen LogP contribution in [0.4, 0.5) is 5.82 Å². The van der Waals surface area contributed by atoms with Gasteiger partial charge < -0.3 is 15.3 Å². The van der Waals surface area contributed by atoms with E-state index in [9.17, 15) is 4.79 Å². The highest BCUT2D eigenvalue weighted by Gasteiger charge is 2.17. The molecule has 0 bridgehead atoms. The number of anilines is 1. The first-order chi connectivity index (χ1) is 10.1. The monoisotopic (exact) mass is 291 g/mol. The summed E-state index contributed by atoms with van der Waals surface area (Å²) in [5, 5.41) is 11.9. The normalized spacial score (nSPS) is 17.6. The van der Waals surface area contributed by atoms with Gasteiger partial charge in [0.1, 0.15) is 5.82 Å². The number of carbonyl (C=O) groups excluding carboxylic acids is 1. The zero-order chi connectivity index (χ0) is 15.2. The molecule has 5 nitrogen and oxygen atoms in total. The average molecular weight is 291 g/mol. The van der Waals surface area contributed by atoms with Gasteiger partial charge in [-0.25, -0.2) is 4.98 Å². The van der Waals surface area contributed by atoms with Crippen molar-refractivity contribution in [3.63, 3.8) is 0 Å². The lowest BCUT2D eigenvalue weighted by Gasteiger charge is -2.31. The summed E-state index contributed by atoms with van der Waals surface area (Å²) in [5.41, 5.74) is 0.538. The van der Waals surface area contributed by atoms with E-state index in [2.05, 4.69) is 22.1 Å². The molecule has 1 aromatic heterocycles. The van der Waals surface area contributed by atoms with Gasteiger partial charge >= 0.3 is 0 Å². The Kier molecular flexibility index (Phi) is 5.56. The molecule has 1 amide bonds. The van der Waals surface area contributed by atoms with Crippen LogP contribution in [-0.4, -0.2) is 41.7 Å². The molecule has 0 aromatic carbocycles. The number of aromatic nitrogens is 1. The Morgan fingerprint density at radius 1 is 1.48 bits per heavy atom. The maximum Gasteiger partial charge on any atom is 0.253 e. The van der Waals surface area contributed by atoms with E-state index in [0.717, 1.165) is 24.8 Å². The molecule has 1 fully saturated rings. The summed E-state index contributed by atoms with van der Waals surface area (Å²) in [6.45, 7) is 6.23. The molecule has 0 radical (unpaired) electrons. The molecular formula is C16H25N3O2. The van der Waals surface area contributed by atoms with E-state index in [0.29, 0.717) is 12.0 Å². The standard InChI is InChI=1S/C16H25N3O2/c1-3-14(11-20)18-16(21)13-4-5-15(17-10-13)19-8-6-12(2)7-9-19/h4-5,10,12,14,20H,3,6-9,11H2,1-2H3,(H,18,21). The number of piperidine rings is 1. The number of aliphatic hydroxyl groups is 1. The van der Waals surface area contributed by atoms with E-state index in [-0.39, 0.29) is 18.6 Å². The van der Waals surface area contributed by atoms with Crippen LogP contribution >= 0.6 is 0 Å². The van der Waals surface area contributed by atoms with Gasteiger partial charge in [0.15, 0.2) is 0 Å². The molecule has 0 saturated carbocycles. The topological polar surface area (TPSA) is 65.5 Å². The fraction of sp³-hybridized carbons (Fsp3) is 0.625. The van der Waals surface area contributed by atoms with Gasteiger partial charge in [-0.3, -0.25) is 4.79 Å².